The third kappa shape index (κ3) is 3.71. The summed E-state index contributed by atoms with van der Waals surface area (Å²) in [6.07, 6.45) is 1.17. The van der Waals surface area contributed by atoms with Crippen molar-refractivity contribution < 1.29 is 18.8 Å². The fraction of sp³-hybridized carbons (Fsp3) is 0.368. The summed E-state index contributed by atoms with van der Waals surface area (Å²) in [5, 5.41) is 9.16. The van der Waals surface area contributed by atoms with Gasteiger partial charge in [0.2, 0.25) is 0 Å². The van der Waals surface area contributed by atoms with Gasteiger partial charge in [-0.3, -0.25) is 4.79 Å². The van der Waals surface area contributed by atoms with E-state index in [9.17, 15) is 9.59 Å². The summed E-state index contributed by atoms with van der Waals surface area (Å²) in [5.74, 6) is -0.571. The van der Waals surface area contributed by atoms with Crippen LogP contribution in [-0.2, 0) is 16.1 Å². The Morgan fingerprint density at radius 3 is 2.96 bits per heavy atom. The lowest BCUT2D eigenvalue weighted by atomic mass is 10.1. The lowest BCUT2D eigenvalue weighted by molar-refractivity contribution is -0.129. The summed E-state index contributed by atoms with van der Waals surface area (Å²) in [4.78, 5) is 30.5. The van der Waals surface area contributed by atoms with Crippen LogP contribution in [-0.4, -0.2) is 28.1 Å². The molecule has 0 aromatic carbocycles. The Bertz CT molecular complexity index is 992. The number of aromatic nitrogens is 2. The summed E-state index contributed by atoms with van der Waals surface area (Å²) in [6, 6.07) is 5.59. The number of rotatable bonds is 6. The zero-order valence-electron chi connectivity index (χ0n) is 15.0. The van der Waals surface area contributed by atoms with Crippen LogP contribution in [0.25, 0.3) is 11.1 Å². The van der Waals surface area contributed by atoms with E-state index in [1.54, 1.807) is 31.3 Å². The molecule has 1 fully saturated rings. The van der Waals surface area contributed by atoms with E-state index in [1.165, 1.54) is 0 Å². The van der Waals surface area contributed by atoms with Crippen LogP contribution in [0, 0.1) is 6.92 Å². The van der Waals surface area contributed by atoms with E-state index in [1.807, 2.05) is 17.5 Å². The number of aryl methyl sites for hydroxylation is 1. The van der Waals surface area contributed by atoms with E-state index < -0.39 is 12.1 Å². The summed E-state index contributed by atoms with van der Waals surface area (Å²) in [5.41, 5.74) is 2.05. The van der Waals surface area contributed by atoms with Crippen molar-refractivity contribution in [3.63, 3.8) is 0 Å². The molecule has 140 valence electrons. The molecule has 0 bridgehead atoms. The molecule has 0 saturated heterocycles. The number of esters is 1. The molecule has 4 rings (SSSR count). The van der Waals surface area contributed by atoms with Gasteiger partial charge in [0.15, 0.2) is 6.10 Å². The maximum absolute atomic E-state index is 12.8. The van der Waals surface area contributed by atoms with Crippen LogP contribution in [0.5, 0.6) is 0 Å². The maximum Gasteiger partial charge on any atom is 0.339 e. The van der Waals surface area contributed by atoms with Crippen molar-refractivity contribution in [1.82, 2.24) is 15.5 Å². The lowest BCUT2D eigenvalue weighted by Gasteiger charge is -2.14. The smallest absolute Gasteiger partial charge is 0.339 e. The van der Waals surface area contributed by atoms with E-state index in [-0.39, 0.29) is 5.91 Å². The molecule has 8 heteroatoms. The first-order chi connectivity index (χ1) is 13.0. The molecule has 3 aromatic heterocycles. The summed E-state index contributed by atoms with van der Waals surface area (Å²) in [7, 11) is 0. The van der Waals surface area contributed by atoms with Crippen molar-refractivity contribution in [2.24, 2.45) is 0 Å². The Labute approximate surface area is 159 Å². The lowest BCUT2D eigenvalue weighted by Crippen LogP contribution is -2.35. The molecule has 0 radical (unpaired) electrons. The SMILES string of the molecule is Cc1noc2nc(C3CC3)cc(C(=O)OC(C)C(=O)NCc3cccs3)c12. The highest BCUT2D eigenvalue weighted by Gasteiger charge is 2.30. The number of amides is 1. The van der Waals surface area contributed by atoms with Crippen LogP contribution in [0.4, 0.5) is 0 Å². The minimum atomic E-state index is -0.912. The van der Waals surface area contributed by atoms with Crippen molar-refractivity contribution in [2.45, 2.75) is 45.3 Å². The fourth-order valence-electron chi connectivity index (χ4n) is 2.87. The molecule has 0 spiro atoms. The van der Waals surface area contributed by atoms with Gasteiger partial charge in [0.25, 0.3) is 11.6 Å². The van der Waals surface area contributed by atoms with Gasteiger partial charge in [-0.1, -0.05) is 11.2 Å². The highest BCUT2D eigenvalue weighted by molar-refractivity contribution is 7.09. The highest BCUT2D eigenvalue weighted by Crippen LogP contribution is 2.40. The van der Waals surface area contributed by atoms with Crippen molar-refractivity contribution in [2.75, 3.05) is 0 Å². The molecule has 1 aliphatic rings. The molecule has 3 heterocycles. The number of thiophene rings is 1. The Hall–Kier alpha value is -2.74. The van der Waals surface area contributed by atoms with Crippen LogP contribution >= 0.6 is 11.3 Å². The number of carbonyl (C=O) groups is 2. The Kier molecular flexibility index (Phi) is 4.65. The molecule has 0 aliphatic heterocycles. The van der Waals surface area contributed by atoms with Crippen LogP contribution in [0.1, 0.15) is 52.3 Å². The third-order valence-corrected chi connectivity index (χ3v) is 5.40. The average Bonchev–Trinajstić information content (AvgIpc) is 3.26. The minimum Gasteiger partial charge on any atom is -0.449 e. The second kappa shape index (κ2) is 7.11. The van der Waals surface area contributed by atoms with Crippen molar-refractivity contribution in [3.8, 4) is 0 Å². The molecule has 1 atom stereocenters. The predicted molar refractivity (Wildman–Crippen MR) is 99.6 cm³/mol. The molecule has 7 nitrogen and oxygen atoms in total. The number of nitrogens with zero attached hydrogens (tertiary/aromatic N) is 2. The summed E-state index contributed by atoms with van der Waals surface area (Å²) in [6.45, 7) is 3.72. The molecule has 1 unspecified atom stereocenters. The fourth-order valence-corrected chi connectivity index (χ4v) is 3.52. The second-order valence-electron chi connectivity index (χ2n) is 6.66. The number of pyridine rings is 1. The number of hydrogen-bond donors (Lipinski definition) is 1. The largest absolute Gasteiger partial charge is 0.449 e. The van der Waals surface area contributed by atoms with Crippen LogP contribution < -0.4 is 5.32 Å². The number of fused-ring (bicyclic) bond motifs is 1. The zero-order valence-corrected chi connectivity index (χ0v) is 15.8. The van der Waals surface area contributed by atoms with Gasteiger partial charge < -0.3 is 14.6 Å². The van der Waals surface area contributed by atoms with E-state index in [0.29, 0.717) is 34.8 Å². The van der Waals surface area contributed by atoms with Gasteiger partial charge in [0.1, 0.15) is 0 Å². The standard InChI is InChI=1S/C19H19N3O4S/c1-10-16-14(8-15(12-5-6-12)21-18(16)26-22-10)19(24)25-11(2)17(23)20-9-13-4-3-7-27-13/h3-4,7-8,11-12H,5-6,9H2,1-2H3,(H,20,23). The first-order valence-electron chi connectivity index (χ1n) is 8.81. The average molecular weight is 385 g/mol. The molecule has 1 N–H and O–H groups in total. The van der Waals surface area contributed by atoms with Crippen LogP contribution in [0.15, 0.2) is 28.1 Å². The minimum absolute atomic E-state index is 0.332. The first-order valence-corrected chi connectivity index (χ1v) is 9.69. The molecule has 3 aromatic rings. The Morgan fingerprint density at radius 2 is 2.26 bits per heavy atom. The molecule has 1 saturated carbocycles. The normalized spacial score (nSPS) is 14.9. The van der Waals surface area contributed by atoms with E-state index >= 15 is 0 Å². The molecular weight excluding hydrogens is 366 g/mol. The van der Waals surface area contributed by atoms with E-state index in [2.05, 4.69) is 15.5 Å². The third-order valence-electron chi connectivity index (χ3n) is 4.52. The predicted octanol–water partition coefficient (Wildman–Crippen LogP) is 3.33. The molecule has 1 amide bonds. The molecular formula is C19H19N3O4S. The number of nitrogens with one attached hydrogen (secondary N) is 1. The van der Waals surface area contributed by atoms with Gasteiger partial charge in [-0.25, -0.2) is 9.78 Å². The summed E-state index contributed by atoms with van der Waals surface area (Å²) >= 11 is 1.55. The second-order valence-corrected chi connectivity index (χ2v) is 7.69. The quantitative estimate of drug-likeness (QED) is 0.654. The van der Waals surface area contributed by atoms with Crippen LogP contribution in [0.3, 0.4) is 0 Å². The Balaban J connectivity index is 1.50. The van der Waals surface area contributed by atoms with Gasteiger partial charge in [-0.15, -0.1) is 11.3 Å². The van der Waals surface area contributed by atoms with Crippen molar-refractivity contribution >= 4 is 34.3 Å². The Morgan fingerprint density at radius 1 is 1.44 bits per heavy atom. The molecule has 27 heavy (non-hydrogen) atoms. The van der Waals surface area contributed by atoms with Crippen LogP contribution in [0.2, 0.25) is 0 Å². The number of hydrogen-bond acceptors (Lipinski definition) is 7. The summed E-state index contributed by atoms with van der Waals surface area (Å²) < 4.78 is 10.7. The highest BCUT2D eigenvalue weighted by atomic mass is 32.1. The number of ether oxygens (including phenoxy) is 1. The van der Waals surface area contributed by atoms with Crippen molar-refractivity contribution in [3.05, 3.63) is 45.4 Å². The van der Waals surface area contributed by atoms with Gasteiger partial charge in [-0.05, 0) is 44.2 Å². The monoisotopic (exact) mass is 385 g/mol. The van der Waals surface area contributed by atoms with E-state index in [4.69, 9.17) is 9.26 Å². The van der Waals surface area contributed by atoms with Gasteiger partial charge in [0.05, 0.1) is 23.2 Å². The number of carbonyl (C=O) groups excluding carboxylic acids is 2. The van der Waals surface area contributed by atoms with Gasteiger partial charge >= 0.3 is 5.97 Å². The first kappa shape index (κ1) is 17.7. The molecule has 1 aliphatic carbocycles. The van der Waals surface area contributed by atoms with Gasteiger partial charge in [0, 0.05) is 16.5 Å². The van der Waals surface area contributed by atoms with E-state index in [0.717, 1.165) is 23.4 Å². The zero-order chi connectivity index (χ0) is 19.0. The topological polar surface area (TPSA) is 94.3 Å². The van der Waals surface area contributed by atoms with Crippen molar-refractivity contribution in [1.29, 1.82) is 0 Å². The maximum atomic E-state index is 12.8. The van der Waals surface area contributed by atoms with Gasteiger partial charge in [-0.2, -0.15) is 0 Å².